The van der Waals surface area contributed by atoms with Crippen LogP contribution in [0.2, 0.25) is 0 Å². The zero-order valence-electron chi connectivity index (χ0n) is 15.3. The van der Waals surface area contributed by atoms with Gasteiger partial charge in [-0.2, -0.15) is 0 Å². The highest BCUT2D eigenvalue weighted by atomic mass is 16.5. The van der Waals surface area contributed by atoms with Crippen molar-refractivity contribution in [2.45, 2.75) is 26.7 Å². The average Bonchev–Trinajstić information content (AvgIpc) is 2.65. The number of hydrogen-bond acceptors (Lipinski definition) is 4. The van der Waals surface area contributed by atoms with Gasteiger partial charge in [-0.05, 0) is 36.1 Å². The van der Waals surface area contributed by atoms with Crippen LogP contribution in [0.3, 0.4) is 0 Å². The fourth-order valence-corrected chi connectivity index (χ4v) is 2.76. The molecule has 0 bridgehead atoms. The minimum absolute atomic E-state index is 0.111. The molecule has 2 rings (SSSR count). The number of hydrogen-bond donors (Lipinski definition) is 2. The highest BCUT2D eigenvalue weighted by Crippen LogP contribution is 2.29. The molecule has 0 fully saturated rings. The van der Waals surface area contributed by atoms with Crippen molar-refractivity contribution in [3.05, 3.63) is 47.5 Å². The average molecular weight is 342 g/mol. The molecule has 5 heteroatoms. The molecule has 0 aliphatic carbocycles. The molecular formula is C20H26N2O3. The van der Waals surface area contributed by atoms with E-state index in [-0.39, 0.29) is 12.5 Å². The van der Waals surface area contributed by atoms with Gasteiger partial charge in [-0.3, -0.25) is 4.79 Å². The summed E-state index contributed by atoms with van der Waals surface area (Å²) in [6.45, 7) is 4.44. The number of amides is 1. The van der Waals surface area contributed by atoms with E-state index in [1.165, 1.54) is 11.1 Å². The summed E-state index contributed by atoms with van der Waals surface area (Å²) in [5.41, 5.74) is 4.18. The van der Waals surface area contributed by atoms with Crippen LogP contribution < -0.4 is 20.1 Å². The Bertz CT molecular complexity index is 707. The molecule has 0 unspecified atom stereocenters. The maximum absolute atomic E-state index is 12.3. The molecule has 0 spiro atoms. The Morgan fingerprint density at radius 3 is 2.16 bits per heavy atom. The maximum Gasteiger partial charge on any atom is 0.243 e. The normalized spacial score (nSPS) is 10.2. The van der Waals surface area contributed by atoms with Crippen LogP contribution in [-0.2, 0) is 17.6 Å². The van der Waals surface area contributed by atoms with Crippen molar-refractivity contribution in [2.75, 3.05) is 31.4 Å². The number of rotatable bonds is 8. The van der Waals surface area contributed by atoms with E-state index in [0.29, 0.717) is 17.2 Å². The van der Waals surface area contributed by atoms with E-state index in [1.54, 1.807) is 32.4 Å². The highest BCUT2D eigenvalue weighted by molar-refractivity contribution is 5.94. The highest BCUT2D eigenvalue weighted by Gasteiger charge is 2.10. The van der Waals surface area contributed by atoms with Crippen LogP contribution in [0.15, 0.2) is 36.4 Å². The lowest BCUT2D eigenvalue weighted by Crippen LogP contribution is -2.22. The van der Waals surface area contributed by atoms with Crippen LogP contribution in [0.5, 0.6) is 11.5 Å². The largest absolute Gasteiger partial charge is 0.493 e. The second kappa shape index (κ2) is 8.97. The minimum atomic E-state index is -0.111. The van der Waals surface area contributed by atoms with Gasteiger partial charge in [0.1, 0.15) is 0 Å². The first-order valence-electron chi connectivity index (χ1n) is 8.49. The van der Waals surface area contributed by atoms with Crippen molar-refractivity contribution in [1.82, 2.24) is 0 Å². The summed E-state index contributed by atoms with van der Waals surface area (Å²) in [5.74, 6) is 1.10. The van der Waals surface area contributed by atoms with Gasteiger partial charge in [-0.15, -0.1) is 0 Å². The molecule has 0 radical (unpaired) electrons. The summed E-state index contributed by atoms with van der Waals surface area (Å²) in [6.07, 6.45) is 1.85. The molecule has 0 aromatic heterocycles. The first kappa shape index (κ1) is 18.6. The first-order chi connectivity index (χ1) is 12.1. The molecule has 0 heterocycles. The van der Waals surface area contributed by atoms with Gasteiger partial charge in [-0.1, -0.05) is 32.0 Å². The fourth-order valence-electron chi connectivity index (χ4n) is 2.76. The Balaban J connectivity index is 2.04. The Kier molecular flexibility index (Phi) is 6.69. The molecule has 25 heavy (non-hydrogen) atoms. The van der Waals surface area contributed by atoms with Crippen molar-refractivity contribution < 1.29 is 14.3 Å². The molecule has 1 amide bonds. The molecule has 0 aliphatic heterocycles. The lowest BCUT2D eigenvalue weighted by atomic mass is 10.0. The molecule has 5 nitrogen and oxygen atoms in total. The summed E-state index contributed by atoms with van der Waals surface area (Å²) in [7, 11) is 3.15. The second-order valence-corrected chi connectivity index (χ2v) is 5.63. The van der Waals surface area contributed by atoms with Crippen LogP contribution in [0.25, 0.3) is 0 Å². The van der Waals surface area contributed by atoms with Gasteiger partial charge in [0.15, 0.2) is 11.5 Å². The first-order valence-corrected chi connectivity index (χ1v) is 8.49. The Hall–Kier alpha value is -2.69. The van der Waals surface area contributed by atoms with E-state index in [2.05, 4.69) is 42.7 Å². The topological polar surface area (TPSA) is 59.6 Å². The maximum atomic E-state index is 12.3. The number of nitrogens with one attached hydrogen (secondary N) is 2. The molecule has 0 atom stereocenters. The van der Waals surface area contributed by atoms with Gasteiger partial charge in [0.25, 0.3) is 0 Å². The molecule has 2 aromatic rings. The third-order valence-electron chi connectivity index (χ3n) is 4.09. The summed E-state index contributed by atoms with van der Waals surface area (Å²) < 4.78 is 10.5. The van der Waals surface area contributed by atoms with Crippen LogP contribution in [-0.4, -0.2) is 26.7 Å². The van der Waals surface area contributed by atoms with Crippen LogP contribution >= 0.6 is 0 Å². The number of para-hydroxylation sites is 1. The standard InChI is InChI=1S/C20H26N2O3/c1-5-14-8-7-9-15(6-2)20(14)21-13-19(23)22-16-10-11-17(24-3)18(12-16)25-4/h7-12,21H,5-6,13H2,1-4H3,(H,22,23). The Labute approximate surface area is 149 Å². The molecule has 0 aliphatic rings. The van der Waals surface area contributed by atoms with Crippen LogP contribution in [0.1, 0.15) is 25.0 Å². The van der Waals surface area contributed by atoms with Crippen molar-refractivity contribution >= 4 is 17.3 Å². The number of methoxy groups -OCH3 is 2. The molecule has 134 valence electrons. The number of ether oxygens (including phenoxy) is 2. The SMILES string of the molecule is CCc1cccc(CC)c1NCC(=O)Nc1ccc(OC)c(OC)c1. The minimum Gasteiger partial charge on any atom is -0.493 e. The number of anilines is 2. The Morgan fingerprint density at radius 2 is 1.60 bits per heavy atom. The number of carbonyl (C=O) groups excluding carboxylic acids is 1. The summed E-state index contributed by atoms with van der Waals surface area (Å²) in [4.78, 5) is 12.3. The van der Waals surface area contributed by atoms with Gasteiger partial charge in [0.2, 0.25) is 5.91 Å². The monoisotopic (exact) mass is 342 g/mol. The molecule has 0 saturated carbocycles. The molecule has 2 N–H and O–H groups in total. The quantitative estimate of drug-likeness (QED) is 0.764. The number of benzene rings is 2. The summed E-state index contributed by atoms with van der Waals surface area (Å²) >= 11 is 0. The third-order valence-corrected chi connectivity index (χ3v) is 4.09. The van der Waals surface area contributed by atoms with Gasteiger partial charge < -0.3 is 20.1 Å². The van der Waals surface area contributed by atoms with E-state index >= 15 is 0 Å². The lowest BCUT2D eigenvalue weighted by Gasteiger charge is -2.15. The van der Waals surface area contributed by atoms with Gasteiger partial charge in [0.05, 0.1) is 20.8 Å². The fraction of sp³-hybridized carbons (Fsp3) is 0.350. The zero-order valence-corrected chi connectivity index (χ0v) is 15.3. The van der Waals surface area contributed by atoms with Crippen LogP contribution in [0, 0.1) is 0 Å². The zero-order chi connectivity index (χ0) is 18.2. The molecule has 2 aromatic carbocycles. The van der Waals surface area contributed by atoms with Crippen LogP contribution in [0.4, 0.5) is 11.4 Å². The molecule has 0 saturated heterocycles. The Morgan fingerprint density at radius 1 is 0.960 bits per heavy atom. The van der Waals surface area contributed by atoms with Gasteiger partial charge >= 0.3 is 0 Å². The van der Waals surface area contributed by atoms with E-state index < -0.39 is 0 Å². The van der Waals surface area contributed by atoms with Gasteiger partial charge in [-0.25, -0.2) is 0 Å². The second-order valence-electron chi connectivity index (χ2n) is 5.63. The van der Waals surface area contributed by atoms with Crippen molar-refractivity contribution in [2.24, 2.45) is 0 Å². The van der Waals surface area contributed by atoms with Gasteiger partial charge in [0, 0.05) is 17.4 Å². The van der Waals surface area contributed by atoms with E-state index in [4.69, 9.17) is 9.47 Å². The predicted molar refractivity (Wildman–Crippen MR) is 102 cm³/mol. The predicted octanol–water partition coefficient (Wildman–Crippen LogP) is 3.88. The third kappa shape index (κ3) is 4.66. The van der Waals surface area contributed by atoms with Crippen molar-refractivity contribution in [3.63, 3.8) is 0 Å². The summed E-state index contributed by atoms with van der Waals surface area (Å²) in [6, 6.07) is 11.5. The van der Waals surface area contributed by atoms with Crippen molar-refractivity contribution in [3.8, 4) is 11.5 Å². The van der Waals surface area contributed by atoms with E-state index in [9.17, 15) is 4.79 Å². The van der Waals surface area contributed by atoms with E-state index in [1.807, 2.05) is 0 Å². The smallest absolute Gasteiger partial charge is 0.243 e. The number of aryl methyl sites for hydroxylation is 2. The lowest BCUT2D eigenvalue weighted by molar-refractivity contribution is -0.114. The summed E-state index contributed by atoms with van der Waals surface area (Å²) in [5, 5.41) is 6.16. The van der Waals surface area contributed by atoms with E-state index in [0.717, 1.165) is 18.5 Å². The van der Waals surface area contributed by atoms with Crippen molar-refractivity contribution in [1.29, 1.82) is 0 Å². The number of carbonyl (C=O) groups is 1. The molecular weight excluding hydrogens is 316 g/mol.